The van der Waals surface area contributed by atoms with Crippen LogP contribution in [0, 0.1) is 23.5 Å². The topological polar surface area (TPSA) is 79.9 Å². The second-order valence-electron chi connectivity index (χ2n) is 7.85. The van der Waals surface area contributed by atoms with Gasteiger partial charge in [0.15, 0.2) is 5.82 Å². The maximum absolute atomic E-state index is 14.3. The third kappa shape index (κ3) is 4.42. The molecule has 6 nitrogen and oxygen atoms in total. The van der Waals surface area contributed by atoms with Crippen LogP contribution in [0.2, 0.25) is 0 Å². The molecule has 4 rings (SSSR count). The summed E-state index contributed by atoms with van der Waals surface area (Å²) in [5, 5.41) is 3.81. The first-order chi connectivity index (χ1) is 14.5. The van der Waals surface area contributed by atoms with Gasteiger partial charge in [-0.1, -0.05) is 0 Å². The molecular weight excluding hydrogens is 390 g/mol. The number of aromatic nitrogens is 3. The number of anilines is 1. The molecule has 158 valence electrons. The van der Waals surface area contributed by atoms with Crippen molar-refractivity contribution >= 4 is 22.7 Å². The molecule has 1 aliphatic carbocycles. The van der Waals surface area contributed by atoms with E-state index in [1.807, 2.05) is 0 Å². The molecule has 0 unspecified atom stereocenters. The summed E-state index contributed by atoms with van der Waals surface area (Å²) >= 11 is 0. The standard InChI is InChI=1S/C22H24F2N4O2/c1-30-21(29)6-13-2-4-14(5-3-13)9-25-20-8-19(26-12-18(20)24)17-11-28-22-16(17)7-15(23)10-27-22/h7-8,10-14H,2-6,9H2,1H3,(H,25,26)(H,27,28). The smallest absolute Gasteiger partial charge is 0.305 e. The number of esters is 1. The Morgan fingerprint density at radius 2 is 1.93 bits per heavy atom. The normalized spacial score (nSPS) is 19.0. The molecule has 3 heterocycles. The highest BCUT2D eigenvalue weighted by molar-refractivity contribution is 5.92. The fraction of sp³-hybridized carbons (Fsp3) is 0.409. The Morgan fingerprint density at radius 1 is 1.17 bits per heavy atom. The molecule has 0 atom stereocenters. The first-order valence-electron chi connectivity index (χ1n) is 10.1. The van der Waals surface area contributed by atoms with Crippen LogP contribution in [0.15, 0.2) is 30.7 Å². The quantitative estimate of drug-likeness (QED) is 0.573. The average Bonchev–Trinajstić information content (AvgIpc) is 3.17. The third-order valence-electron chi connectivity index (χ3n) is 5.86. The van der Waals surface area contributed by atoms with Gasteiger partial charge < -0.3 is 15.0 Å². The molecule has 0 bridgehead atoms. The second kappa shape index (κ2) is 8.77. The Bertz CT molecular complexity index is 1040. The van der Waals surface area contributed by atoms with Gasteiger partial charge in [-0.15, -0.1) is 0 Å². The van der Waals surface area contributed by atoms with Gasteiger partial charge in [-0.3, -0.25) is 9.78 Å². The highest BCUT2D eigenvalue weighted by Gasteiger charge is 2.23. The largest absolute Gasteiger partial charge is 0.469 e. The number of pyridine rings is 2. The Labute approximate surface area is 173 Å². The van der Waals surface area contributed by atoms with Crippen LogP contribution in [0.3, 0.4) is 0 Å². The first kappa shape index (κ1) is 20.3. The number of nitrogens with one attached hydrogen (secondary N) is 2. The number of carbonyl (C=O) groups is 1. The lowest BCUT2D eigenvalue weighted by atomic mass is 9.80. The van der Waals surface area contributed by atoms with Crippen molar-refractivity contribution in [3.05, 3.63) is 42.4 Å². The minimum atomic E-state index is -0.438. The van der Waals surface area contributed by atoms with Gasteiger partial charge in [0, 0.05) is 30.1 Å². The average molecular weight is 414 g/mol. The van der Waals surface area contributed by atoms with Crippen LogP contribution in [0.25, 0.3) is 22.3 Å². The maximum Gasteiger partial charge on any atom is 0.305 e. The summed E-state index contributed by atoms with van der Waals surface area (Å²) in [7, 11) is 1.42. The van der Waals surface area contributed by atoms with E-state index in [0.717, 1.165) is 31.9 Å². The van der Waals surface area contributed by atoms with Gasteiger partial charge in [0.25, 0.3) is 0 Å². The van der Waals surface area contributed by atoms with E-state index in [1.54, 1.807) is 12.3 Å². The fourth-order valence-corrected chi connectivity index (χ4v) is 4.12. The summed E-state index contributed by atoms with van der Waals surface area (Å²) in [5.74, 6) is -0.237. The van der Waals surface area contributed by atoms with Gasteiger partial charge in [-0.25, -0.2) is 13.8 Å². The highest BCUT2D eigenvalue weighted by atomic mass is 19.1. The molecule has 3 aromatic rings. The predicted octanol–water partition coefficient (Wildman–Crippen LogP) is 4.68. The summed E-state index contributed by atoms with van der Waals surface area (Å²) in [5.41, 5.74) is 2.13. The van der Waals surface area contributed by atoms with Gasteiger partial charge in [-0.2, -0.15) is 0 Å². The molecule has 1 aliphatic rings. The molecule has 8 heteroatoms. The molecule has 0 radical (unpaired) electrons. The number of aromatic amines is 1. The van der Waals surface area contributed by atoms with Crippen molar-refractivity contribution in [3.8, 4) is 11.3 Å². The number of carbonyl (C=O) groups excluding carboxylic acids is 1. The fourth-order valence-electron chi connectivity index (χ4n) is 4.12. The molecule has 0 saturated heterocycles. The zero-order valence-electron chi connectivity index (χ0n) is 16.8. The molecule has 1 saturated carbocycles. The molecule has 3 aromatic heterocycles. The maximum atomic E-state index is 14.3. The number of rotatable bonds is 6. The highest BCUT2D eigenvalue weighted by Crippen LogP contribution is 2.32. The molecule has 1 fully saturated rings. The number of hydrogen-bond acceptors (Lipinski definition) is 5. The zero-order valence-corrected chi connectivity index (χ0v) is 16.8. The van der Waals surface area contributed by atoms with Gasteiger partial charge in [0.2, 0.25) is 0 Å². The number of ether oxygens (including phenoxy) is 1. The lowest BCUT2D eigenvalue weighted by molar-refractivity contribution is -0.142. The van der Waals surface area contributed by atoms with Gasteiger partial charge in [0.05, 0.1) is 30.9 Å². The van der Waals surface area contributed by atoms with E-state index < -0.39 is 11.6 Å². The van der Waals surface area contributed by atoms with E-state index in [4.69, 9.17) is 4.74 Å². The molecular formula is C22H24F2N4O2. The molecule has 30 heavy (non-hydrogen) atoms. The SMILES string of the molecule is COC(=O)CC1CCC(CNc2cc(-c3c[nH]c4ncc(F)cc34)ncc2F)CC1. The van der Waals surface area contributed by atoms with Crippen molar-refractivity contribution in [2.24, 2.45) is 11.8 Å². The number of halogens is 2. The first-order valence-corrected chi connectivity index (χ1v) is 10.1. The lowest BCUT2D eigenvalue weighted by Gasteiger charge is -2.28. The van der Waals surface area contributed by atoms with E-state index in [2.05, 4.69) is 20.3 Å². The van der Waals surface area contributed by atoms with Crippen molar-refractivity contribution in [2.45, 2.75) is 32.1 Å². The van der Waals surface area contributed by atoms with Gasteiger partial charge in [-0.05, 0) is 49.7 Å². The molecule has 0 amide bonds. The Balaban J connectivity index is 1.42. The summed E-state index contributed by atoms with van der Waals surface area (Å²) < 4.78 is 32.7. The van der Waals surface area contributed by atoms with Gasteiger partial charge in [0.1, 0.15) is 11.5 Å². The minimum absolute atomic E-state index is 0.157. The number of nitrogens with zero attached hydrogens (tertiary/aromatic N) is 2. The van der Waals surface area contributed by atoms with E-state index in [-0.39, 0.29) is 5.97 Å². The van der Waals surface area contributed by atoms with Crippen molar-refractivity contribution in [3.63, 3.8) is 0 Å². The lowest BCUT2D eigenvalue weighted by Crippen LogP contribution is -2.23. The number of hydrogen-bond donors (Lipinski definition) is 2. The predicted molar refractivity (Wildman–Crippen MR) is 110 cm³/mol. The van der Waals surface area contributed by atoms with Crippen LogP contribution in [0.5, 0.6) is 0 Å². The van der Waals surface area contributed by atoms with Crippen molar-refractivity contribution in [1.29, 1.82) is 0 Å². The molecule has 2 N–H and O–H groups in total. The van der Waals surface area contributed by atoms with E-state index in [1.165, 1.54) is 19.4 Å². The Kier molecular flexibility index (Phi) is 5.92. The number of fused-ring (bicyclic) bond motifs is 1. The van der Waals surface area contributed by atoms with Crippen LogP contribution in [0.1, 0.15) is 32.1 Å². The van der Waals surface area contributed by atoms with Crippen LogP contribution in [0.4, 0.5) is 14.5 Å². The summed E-state index contributed by atoms with van der Waals surface area (Å²) in [4.78, 5) is 22.6. The summed E-state index contributed by atoms with van der Waals surface area (Å²) in [6.07, 6.45) is 8.41. The number of methoxy groups -OCH3 is 1. The van der Waals surface area contributed by atoms with E-state index in [9.17, 15) is 13.6 Å². The Morgan fingerprint density at radius 3 is 2.70 bits per heavy atom. The van der Waals surface area contributed by atoms with Crippen molar-refractivity contribution < 1.29 is 18.3 Å². The van der Waals surface area contributed by atoms with E-state index >= 15 is 0 Å². The van der Waals surface area contributed by atoms with E-state index in [0.29, 0.717) is 52.8 Å². The van der Waals surface area contributed by atoms with Gasteiger partial charge >= 0.3 is 5.97 Å². The molecule has 0 aromatic carbocycles. The van der Waals surface area contributed by atoms with Crippen LogP contribution in [-0.2, 0) is 9.53 Å². The van der Waals surface area contributed by atoms with Crippen LogP contribution < -0.4 is 5.32 Å². The summed E-state index contributed by atoms with van der Waals surface area (Å²) in [6.45, 7) is 0.648. The molecule has 0 aliphatic heterocycles. The second-order valence-corrected chi connectivity index (χ2v) is 7.85. The van der Waals surface area contributed by atoms with Crippen molar-refractivity contribution in [1.82, 2.24) is 15.0 Å². The monoisotopic (exact) mass is 414 g/mol. The van der Waals surface area contributed by atoms with Crippen LogP contribution in [-0.4, -0.2) is 34.6 Å². The summed E-state index contributed by atoms with van der Waals surface area (Å²) in [6, 6.07) is 3.03. The minimum Gasteiger partial charge on any atom is -0.469 e. The third-order valence-corrected chi connectivity index (χ3v) is 5.86. The van der Waals surface area contributed by atoms with Crippen LogP contribution >= 0.6 is 0 Å². The van der Waals surface area contributed by atoms with Crippen molar-refractivity contribution in [2.75, 3.05) is 19.0 Å². The Hall–Kier alpha value is -3.03. The molecule has 0 spiro atoms. The number of H-pyrrole nitrogens is 1. The zero-order chi connectivity index (χ0) is 21.1.